The quantitative estimate of drug-likeness (QED) is 0.829. The van der Waals surface area contributed by atoms with Crippen LogP contribution in [-0.2, 0) is 13.1 Å². The predicted octanol–water partition coefficient (Wildman–Crippen LogP) is 2.16. The summed E-state index contributed by atoms with van der Waals surface area (Å²) in [4.78, 5) is 6.15. The number of benzene rings is 1. The first-order valence-electron chi connectivity index (χ1n) is 5.88. The van der Waals surface area contributed by atoms with E-state index in [0.29, 0.717) is 24.8 Å². The third kappa shape index (κ3) is 3.51. The molecule has 1 aromatic carbocycles. The molecule has 0 saturated heterocycles. The van der Waals surface area contributed by atoms with Crippen LogP contribution in [0.2, 0.25) is 0 Å². The van der Waals surface area contributed by atoms with Crippen LogP contribution in [0, 0.1) is 12.7 Å². The molecule has 0 N–H and O–H groups in total. The zero-order valence-corrected chi connectivity index (χ0v) is 11.2. The lowest BCUT2D eigenvalue weighted by molar-refractivity contribution is 0.299. The molecule has 5 nitrogen and oxygen atoms in total. The number of hydrogen-bond acceptors (Lipinski definition) is 5. The van der Waals surface area contributed by atoms with Gasteiger partial charge in [0.05, 0.1) is 13.7 Å². The average Bonchev–Trinajstić information content (AvgIpc) is 2.77. The van der Waals surface area contributed by atoms with Gasteiger partial charge in [0.2, 0.25) is 5.89 Å². The fourth-order valence-electron chi connectivity index (χ4n) is 1.82. The molecule has 0 bridgehead atoms. The van der Waals surface area contributed by atoms with E-state index in [2.05, 4.69) is 10.1 Å². The van der Waals surface area contributed by atoms with Gasteiger partial charge in [-0.25, -0.2) is 4.39 Å². The lowest BCUT2D eigenvalue weighted by atomic mass is 10.2. The number of nitrogens with zero attached hydrogens (tertiary/aromatic N) is 3. The molecule has 0 saturated carbocycles. The molecule has 1 heterocycles. The molecular weight excluding hydrogens is 249 g/mol. The van der Waals surface area contributed by atoms with Crippen LogP contribution in [0.3, 0.4) is 0 Å². The van der Waals surface area contributed by atoms with Gasteiger partial charge in [-0.2, -0.15) is 4.98 Å². The summed E-state index contributed by atoms with van der Waals surface area (Å²) in [5.41, 5.74) is 0.959. The maximum Gasteiger partial charge on any atom is 0.223 e. The molecule has 19 heavy (non-hydrogen) atoms. The van der Waals surface area contributed by atoms with Gasteiger partial charge in [-0.05, 0) is 24.7 Å². The van der Waals surface area contributed by atoms with Crippen LogP contribution < -0.4 is 4.74 Å². The standard InChI is InChI=1S/C13H16FN3O2/c1-9-15-13(16-19-9)8-17(2)7-10-4-5-11(14)12(6-10)18-3/h4-6H,7-8H2,1-3H3. The zero-order valence-electron chi connectivity index (χ0n) is 11.2. The van der Waals surface area contributed by atoms with E-state index in [1.165, 1.54) is 13.2 Å². The Morgan fingerprint density at radius 1 is 1.37 bits per heavy atom. The van der Waals surface area contributed by atoms with Crippen molar-refractivity contribution in [3.05, 3.63) is 41.3 Å². The summed E-state index contributed by atoms with van der Waals surface area (Å²) in [5.74, 6) is 1.07. The SMILES string of the molecule is COc1cc(CN(C)Cc2noc(C)n2)ccc1F. The Hall–Kier alpha value is -1.95. The van der Waals surface area contributed by atoms with Crippen molar-refractivity contribution in [1.82, 2.24) is 15.0 Å². The van der Waals surface area contributed by atoms with Crippen molar-refractivity contribution in [2.75, 3.05) is 14.2 Å². The fraction of sp³-hybridized carbons (Fsp3) is 0.385. The van der Waals surface area contributed by atoms with E-state index in [0.717, 1.165) is 5.56 Å². The smallest absolute Gasteiger partial charge is 0.223 e. The highest BCUT2D eigenvalue weighted by Crippen LogP contribution is 2.19. The van der Waals surface area contributed by atoms with Crippen molar-refractivity contribution in [1.29, 1.82) is 0 Å². The third-order valence-corrected chi connectivity index (χ3v) is 2.65. The van der Waals surface area contributed by atoms with E-state index in [9.17, 15) is 4.39 Å². The van der Waals surface area contributed by atoms with E-state index in [1.54, 1.807) is 19.1 Å². The van der Waals surface area contributed by atoms with Gasteiger partial charge in [0.25, 0.3) is 0 Å². The molecule has 1 aromatic heterocycles. The lowest BCUT2D eigenvalue weighted by Gasteiger charge is -2.15. The van der Waals surface area contributed by atoms with Gasteiger partial charge in [-0.15, -0.1) is 0 Å². The minimum atomic E-state index is -0.359. The Morgan fingerprint density at radius 2 is 2.16 bits per heavy atom. The average molecular weight is 265 g/mol. The Labute approximate surface area is 111 Å². The van der Waals surface area contributed by atoms with Gasteiger partial charge in [0.1, 0.15) is 0 Å². The van der Waals surface area contributed by atoms with E-state index >= 15 is 0 Å². The number of hydrogen-bond donors (Lipinski definition) is 0. The van der Waals surface area contributed by atoms with Crippen LogP contribution >= 0.6 is 0 Å². The van der Waals surface area contributed by atoms with Gasteiger partial charge in [-0.3, -0.25) is 4.90 Å². The van der Waals surface area contributed by atoms with E-state index in [-0.39, 0.29) is 11.6 Å². The highest BCUT2D eigenvalue weighted by Gasteiger charge is 2.09. The van der Waals surface area contributed by atoms with Gasteiger partial charge in [0.15, 0.2) is 17.4 Å². The molecule has 0 amide bonds. The Balaban J connectivity index is 2.00. The van der Waals surface area contributed by atoms with Crippen LogP contribution in [-0.4, -0.2) is 29.2 Å². The first kappa shape index (κ1) is 13.5. The maximum atomic E-state index is 13.3. The van der Waals surface area contributed by atoms with Crippen molar-refractivity contribution >= 4 is 0 Å². The summed E-state index contributed by atoms with van der Waals surface area (Å²) in [6.45, 7) is 2.96. The number of halogens is 1. The fourth-order valence-corrected chi connectivity index (χ4v) is 1.82. The number of methoxy groups -OCH3 is 1. The Kier molecular flexibility index (Phi) is 4.11. The first-order valence-corrected chi connectivity index (χ1v) is 5.88. The number of ether oxygens (including phenoxy) is 1. The molecule has 6 heteroatoms. The van der Waals surface area contributed by atoms with Crippen LogP contribution in [0.25, 0.3) is 0 Å². The van der Waals surface area contributed by atoms with E-state index in [1.807, 2.05) is 11.9 Å². The van der Waals surface area contributed by atoms with Gasteiger partial charge < -0.3 is 9.26 Å². The molecule has 2 aromatic rings. The van der Waals surface area contributed by atoms with Crippen LogP contribution in [0.5, 0.6) is 5.75 Å². The minimum absolute atomic E-state index is 0.251. The Bertz CT molecular complexity index is 557. The third-order valence-electron chi connectivity index (χ3n) is 2.65. The summed E-state index contributed by atoms with van der Waals surface area (Å²) >= 11 is 0. The van der Waals surface area contributed by atoms with Crippen LogP contribution in [0.15, 0.2) is 22.7 Å². The second-order valence-electron chi connectivity index (χ2n) is 4.37. The highest BCUT2D eigenvalue weighted by atomic mass is 19.1. The summed E-state index contributed by atoms with van der Waals surface area (Å²) in [6, 6.07) is 4.82. The molecule has 0 fully saturated rings. The van der Waals surface area contributed by atoms with Crippen molar-refractivity contribution in [3.8, 4) is 5.75 Å². The molecule has 0 atom stereocenters. The molecule has 0 spiro atoms. The number of aryl methyl sites for hydroxylation is 1. The second-order valence-corrected chi connectivity index (χ2v) is 4.37. The summed E-state index contributed by atoms with van der Waals surface area (Å²) < 4.78 is 23.2. The lowest BCUT2D eigenvalue weighted by Crippen LogP contribution is -2.18. The minimum Gasteiger partial charge on any atom is -0.494 e. The normalized spacial score (nSPS) is 11.0. The van der Waals surface area contributed by atoms with Crippen molar-refractivity contribution in [2.24, 2.45) is 0 Å². The Morgan fingerprint density at radius 3 is 2.79 bits per heavy atom. The van der Waals surface area contributed by atoms with Crippen LogP contribution in [0.4, 0.5) is 4.39 Å². The zero-order chi connectivity index (χ0) is 13.8. The summed E-state index contributed by atoms with van der Waals surface area (Å²) in [7, 11) is 3.38. The second kappa shape index (κ2) is 5.79. The van der Waals surface area contributed by atoms with Crippen LogP contribution in [0.1, 0.15) is 17.3 Å². The molecule has 0 unspecified atom stereocenters. The predicted molar refractivity (Wildman–Crippen MR) is 67.2 cm³/mol. The monoisotopic (exact) mass is 265 g/mol. The molecule has 0 aliphatic rings. The summed E-state index contributed by atoms with van der Waals surface area (Å²) in [6.07, 6.45) is 0. The summed E-state index contributed by atoms with van der Waals surface area (Å²) in [5, 5.41) is 3.83. The van der Waals surface area contributed by atoms with Crippen molar-refractivity contribution in [3.63, 3.8) is 0 Å². The molecule has 0 aliphatic heterocycles. The molecular formula is C13H16FN3O2. The molecule has 0 radical (unpaired) electrons. The number of aromatic nitrogens is 2. The van der Waals surface area contributed by atoms with Gasteiger partial charge in [0, 0.05) is 13.5 Å². The molecule has 2 rings (SSSR count). The molecule has 102 valence electrons. The van der Waals surface area contributed by atoms with E-state index in [4.69, 9.17) is 9.26 Å². The van der Waals surface area contributed by atoms with Gasteiger partial charge >= 0.3 is 0 Å². The van der Waals surface area contributed by atoms with Crippen molar-refractivity contribution < 1.29 is 13.7 Å². The van der Waals surface area contributed by atoms with E-state index < -0.39 is 0 Å². The molecule has 0 aliphatic carbocycles. The maximum absolute atomic E-state index is 13.3. The van der Waals surface area contributed by atoms with Crippen molar-refractivity contribution in [2.45, 2.75) is 20.0 Å². The topological polar surface area (TPSA) is 51.4 Å². The number of rotatable bonds is 5. The largest absolute Gasteiger partial charge is 0.494 e. The van der Waals surface area contributed by atoms with Gasteiger partial charge in [-0.1, -0.05) is 11.2 Å². The highest BCUT2D eigenvalue weighted by molar-refractivity contribution is 5.30. The first-order chi connectivity index (χ1) is 9.08.